The molecule has 1 aliphatic carbocycles. The maximum absolute atomic E-state index is 5.99. The fourth-order valence-electron chi connectivity index (χ4n) is 2.65. The Labute approximate surface area is 113 Å². The Kier molecular flexibility index (Phi) is 5.63. The van der Waals surface area contributed by atoms with Gasteiger partial charge in [-0.1, -0.05) is 20.8 Å². The molecule has 108 valence electrons. The maximum atomic E-state index is 5.99. The van der Waals surface area contributed by atoms with Crippen LogP contribution in [0.4, 0.5) is 0 Å². The Bertz CT molecular complexity index is 249. The van der Waals surface area contributed by atoms with E-state index in [1.54, 1.807) is 0 Å². The van der Waals surface area contributed by atoms with Crippen LogP contribution in [-0.4, -0.2) is 37.5 Å². The lowest BCUT2D eigenvalue weighted by Gasteiger charge is -2.53. The van der Waals surface area contributed by atoms with E-state index < -0.39 is 0 Å². The summed E-state index contributed by atoms with van der Waals surface area (Å²) in [6, 6.07) is 0.612. The second-order valence-corrected chi connectivity index (χ2v) is 6.53. The van der Waals surface area contributed by atoms with E-state index in [0.717, 1.165) is 19.4 Å². The molecule has 0 spiro atoms. The van der Waals surface area contributed by atoms with Crippen molar-refractivity contribution in [1.82, 2.24) is 5.32 Å². The van der Waals surface area contributed by atoms with Gasteiger partial charge < -0.3 is 14.8 Å². The highest BCUT2D eigenvalue weighted by Gasteiger charge is 2.50. The van der Waals surface area contributed by atoms with Crippen molar-refractivity contribution in [2.45, 2.75) is 72.1 Å². The highest BCUT2D eigenvalue weighted by molar-refractivity contribution is 5.04. The third-order valence-corrected chi connectivity index (χ3v) is 4.13. The molecule has 3 heteroatoms. The Balaban J connectivity index is 2.28. The summed E-state index contributed by atoms with van der Waals surface area (Å²) < 4.78 is 11.7. The molecule has 3 nitrogen and oxygen atoms in total. The first-order valence-electron chi connectivity index (χ1n) is 7.32. The van der Waals surface area contributed by atoms with Crippen molar-refractivity contribution in [2.75, 3.05) is 19.8 Å². The van der Waals surface area contributed by atoms with Crippen molar-refractivity contribution in [1.29, 1.82) is 0 Å². The molecule has 0 saturated heterocycles. The Morgan fingerprint density at radius 3 is 2.39 bits per heavy atom. The largest absolute Gasteiger partial charge is 0.375 e. The standard InChI is InChI=1S/C15H31NO2/c1-7-15(6)12(16-8-2)11-13(15)17-9-10-18-14(3,4)5/h12-13,16H,7-11H2,1-6H3. The molecule has 3 unspecified atom stereocenters. The monoisotopic (exact) mass is 257 g/mol. The number of rotatable bonds is 7. The summed E-state index contributed by atoms with van der Waals surface area (Å²) in [6.45, 7) is 15.4. The molecule has 0 amide bonds. The van der Waals surface area contributed by atoms with Gasteiger partial charge in [-0.2, -0.15) is 0 Å². The van der Waals surface area contributed by atoms with E-state index in [-0.39, 0.29) is 11.0 Å². The van der Waals surface area contributed by atoms with Gasteiger partial charge in [0.15, 0.2) is 0 Å². The second kappa shape index (κ2) is 6.36. The van der Waals surface area contributed by atoms with Crippen LogP contribution in [0.3, 0.4) is 0 Å². The topological polar surface area (TPSA) is 30.5 Å². The van der Waals surface area contributed by atoms with Crippen LogP contribution in [-0.2, 0) is 9.47 Å². The molecular weight excluding hydrogens is 226 g/mol. The van der Waals surface area contributed by atoms with Gasteiger partial charge in [0, 0.05) is 11.5 Å². The lowest BCUT2D eigenvalue weighted by molar-refractivity contribution is -0.145. The molecule has 1 aliphatic rings. The molecule has 3 atom stereocenters. The molecule has 0 bridgehead atoms. The number of ether oxygens (including phenoxy) is 2. The van der Waals surface area contributed by atoms with Gasteiger partial charge in [0.25, 0.3) is 0 Å². The first-order valence-corrected chi connectivity index (χ1v) is 7.32. The van der Waals surface area contributed by atoms with Gasteiger partial charge in [-0.25, -0.2) is 0 Å². The van der Waals surface area contributed by atoms with Crippen molar-refractivity contribution in [2.24, 2.45) is 5.41 Å². The minimum absolute atomic E-state index is 0.0661. The van der Waals surface area contributed by atoms with E-state index in [4.69, 9.17) is 9.47 Å². The molecule has 1 N–H and O–H groups in total. The van der Waals surface area contributed by atoms with Gasteiger partial charge in [-0.05, 0) is 40.2 Å². The van der Waals surface area contributed by atoms with Crippen molar-refractivity contribution in [3.8, 4) is 0 Å². The first-order chi connectivity index (χ1) is 8.33. The van der Waals surface area contributed by atoms with Crippen LogP contribution in [0.2, 0.25) is 0 Å². The molecule has 0 radical (unpaired) electrons. The molecule has 1 fully saturated rings. The minimum Gasteiger partial charge on any atom is -0.375 e. The van der Waals surface area contributed by atoms with Crippen molar-refractivity contribution in [3.63, 3.8) is 0 Å². The summed E-state index contributed by atoms with van der Waals surface area (Å²) in [6.07, 6.45) is 2.68. The summed E-state index contributed by atoms with van der Waals surface area (Å²) in [5.41, 5.74) is 0.223. The van der Waals surface area contributed by atoms with Gasteiger partial charge in [0.1, 0.15) is 0 Å². The van der Waals surface area contributed by atoms with Crippen LogP contribution in [0.1, 0.15) is 54.4 Å². The summed E-state index contributed by atoms with van der Waals surface area (Å²) in [4.78, 5) is 0. The molecule has 0 aliphatic heterocycles. The van der Waals surface area contributed by atoms with E-state index in [2.05, 4.69) is 46.9 Å². The van der Waals surface area contributed by atoms with E-state index >= 15 is 0 Å². The predicted molar refractivity (Wildman–Crippen MR) is 75.9 cm³/mol. The van der Waals surface area contributed by atoms with E-state index in [9.17, 15) is 0 Å². The lowest BCUT2D eigenvalue weighted by Crippen LogP contribution is -2.62. The highest BCUT2D eigenvalue weighted by Crippen LogP contribution is 2.45. The maximum Gasteiger partial charge on any atom is 0.0707 e. The fraction of sp³-hybridized carbons (Fsp3) is 1.00. The Hall–Kier alpha value is -0.120. The van der Waals surface area contributed by atoms with Crippen molar-refractivity contribution in [3.05, 3.63) is 0 Å². The van der Waals surface area contributed by atoms with E-state index in [1.165, 1.54) is 0 Å². The van der Waals surface area contributed by atoms with E-state index in [1.807, 2.05) is 0 Å². The summed E-state index contributed by atoms with van der Waals surface area (Å²) in [5, 5.41) is 3.56. The molecule has 1 saturated carbocycles. The molecule has 18 heavy (non-hydrogen) atoms. The van der Waals surface area contributed by atoms with Crippen LogP contribution in [0, 0.1) is 5.41 Å². The Morgan fingerprint density at radius 2 is 1.89 bits per heavy atom. The summed E-state index contributed by atoms with van der Waals surface area (Å²) >= 11 is 0. The predicted octanol–water partition coefficient (Wildman–Crippen LogP) is 2.98. The van der Waals surface area contributed by atoms with Crippen LogP contribution >= 0.6 is 0 Å². The molecule has 1 rings (SSSR count). The molecule has 0 heterocycles. The molecule has 0 aromatic carbocycles. The average molecular weight is 257 g/mol. The molecule has 0 aromatic rings. The van der Waals surface area contributed by atoms with Gasteiger partial charge in [-0.15, -0.1) is 0 Å². The van der Waals surface area contributed by atoms with Gasteiger partial charge >= 0.3 is 0 Å². The molecule has 0 aromatic heterocycles. The SMILES string of the molecule is CCNC1CC(OCCOC(C)(C)C)C1(C)CC. The number of nitrogens with one attached hydrogen (secondary N) is 1. The van der Waals surface area contributed by atoms with Gasteiger partial charge in [0.2, 0.25) is 0 Å². The lowest BCUT2D eigenvalue weighted by atomic mass is 9.61. The minimum atomic E-state index is -0.0661. The van der Waals surface area contributed by atoms with Crippen LogP contribution < -0.4 is 5.32 Å². The van der Waals surface area contributed by atoms with Crippen molar-refractivity contribution < 1.29 is 9.47 Å². The van der Waals surface area contributed by atoms with Gasteiger partial charge in [0.05, 0.1) is 24.9 Å². The Morgan fingerprint density at radius 1 is 1.22 bits per heavy atom. The third kappa shape index (κ3) is 3.94. The number of hydrogen-bond acceptors (Lipinski definition) is 3. The third-order valence-electron chi connectivity index (χ3n) is 4.13. The second-order valence-electron chi connectivity index (χ2n) is 6.53. The van der Waals surface area contributed by atoms with Crippen LogP contribution in [0.5, 0.6) is 0 Å². The van der Waals surface area contributed by atoms with Gasteiger partial charge in [-0.3, -0.25) is 0 Å². The highest BCUT2D eigenvalue weighted by atomic mass is 16.5. The van der Waals surface area contributed by atoms with E-state index in [0.29, 0.717) is 25.4 Å². The smallest absolute Gasteiger partial charge is 0.0707 e. The van der Waals surface area contributed by atoms with Crippen LogP contribution in [0.15, 0.2) is 0 Å². The zero-order chi connectivity index (χ0) is 13.8. The van der Waals surface area contributed by atoms with Crippen molar-refractivity contribution >= 4 is 0 Å². The number of hydrogen-bond donors (Lipinski definition) is 1. The quantitative estimate of drug-likeness (QED) is 0.711. The first kappa shape index (κ1) is 15.9. The fourth-order valence-corrected chi connectivity index (χ4v) is 2.65. The average Bonchev–Trinajstić information content (AvgIpc) is 2.29. The zero-order valence-electron chi connectivity index (χ0n) is 13.0. The molecular formula is C15H31NO2. The van der Waals surface area contributed by atoms with Crippen LogP contribution in [0.25, 0.3) is 0 Å². The normalized spacial score (nSPS) is 32.3. The summed E-state index contributed by atoms with van der Waals surface area (Å²) in [7, 11) is 0. The summed E-state index contributed by atoms with van der Waals surface area (Å²) in [5.74, 6) is 0. The zero-order valence-corrected chi connectivity index (χ0v) is 13.0.